The first-order valence-electron chi connectivity index (χ1n) is 14.9. The van der Waals surface area contributed by atoms with Gasteiger partial charge in [0.15, 0.2) is 0 Å². The van der Waals surface area contributed by atoms with Crippen molar-refractivity contribution >= 4 is 23.7 Å². The summed E-state index contributed by atoms with van der Waals surface area (Å²) in [5.41, 5.74) is 4.73. The van der Waals surface area contributed by atoms with E-state index in [0.717, 1.165) is 56.5 Å². The maximum atomic E-state index is 13.8. The van der Waals surface area contributed by atoms with Gasteiger partial charge in [-0.25, -0.2) is 15.9 Å². The van der Waals surface area contributed by atoms with Crippen LogP contribution in [-0.4, -0.2) is 82.7 Å². The topological polar surface area (TPSA) is 159 Å². The smallest absolute Gasteiger partial charge is 0.244 e. The minimum absolute atomic E-state index is 0.0433. The normalized spacial score (nSPS) is 27.7. The Morgan fingerprint density at radius 3 is 2.51 bits per heavy atom. The average molecular weight is 553 g/mol. The lowest BCUT2D eigenvalue weighted by atomic mass is 9.90. The molecule has 3 aliphatic rings. The largest absolute Gasteiger partial charge is 0.548 e. The van der Waals surface area contributed by atoms with Crippen molar-refractivity contribution in [3.8, 4) is 0 Å². The van der Waals surface area contributed by atoms with Crippen molar-refractivity contribution in [3.05, 3.63) is 0 Å². The van der Waals surface area contributed by atoms with Gasteiger partial charge < -0.3 is 15.2 Å². The van der Waals surface area contributed by atoms with Gasteiger partial charge in [0.2, 0.25) is 17.7 Å². The Hall–Kier alpha value is -2.28. The Morgan fingerprint density at radius 1 is 1.10 bits per heavy atom. The van der Waals surface area contributed by atoms with E-state index in [2.05, 4.69) is 31.5 Å². The number of fused-ring (bicyclic) bond motifs is 1. The third-order valence-electron chi connectivity index (χ3n) is 8.89. The van der Waals surface area contributed by atoms with E-state index in [1.807, 2.05) is 5.01 Å². The summed E-state index contributed by atoms with van der Waals surface area (Å²) < 4.78 is 0. The van der Waals surface area contributed by atoms with Gasteiger partial charge in [0, 0.05) is 31.7 Å². The highest BCUT2D eigenvalue weighted by Gasteiger charge is 2.48. The van der Waals surface area contributed by atoms with Gasteiger partial charge in [-0.1, -0.05) is 46.5 Å². The summed E-state index contributed by atoms with van der Waals surface area (Å²) in [5, 5.41) is 28.6. The lowest BCUT2D eigenvalue weighted by Gasteiger charge is -2.42. The molecule has 0 radical (unpaired) electrons. The van der Waals surface area contributed by atoms with E-state index in [9.17, 15) is 24.3 Å². The number of hydroxylamine groups is 1. The molecule has 222 valence electrons. The average Bonchev–Trinajstić information content (AvgIpc) is 3.38. The highest BCUT2D eigenvalue weighted by atomic mass is 16.5. The first-order valence-corrected chi connectivity index (χ1v) is 14.9. The molecule has 0 bridgehead atoms. The third-order valence-corrected chi connectivity index (χ3v) is 8.89. The zero-order valence-electron chi connectivity index (χ0n) is 23.7. The molecule has 0 aliphatic carbocycles. The molecule has 3 fully saturated rings. The SMILES string of the molecule is CCCCCC(CC(=O)NO)C(=O)N1NCCCC1C(=O)NC(C(C)CC)C1CCN2C(C(=O)[O-])CCC[NH+]12. The molecule has 0 spiro atoms. The van der Waals surface area contributed by atoms with Crippen LogP contribution >= 0.6 is 0 Å². The molecule has 5 N–H and O–H groups in total. The summed E-state index contributed by atoms with van der Waals surface area (Å²) in [6.07, 6.45) is 7.25. The number of quaternary nitrogens is 1. The zero-order chi connectivity index (χ0) is 28.5. The van der Waals surface area contributed by atoms with Gasteiger partial charge in [0.25, 0.3) is 0 Å². The molecular weight excluding hydrogens is 504 g/mol. The molecule has 0 aromatic carbocycles. The van der Waals surface area contributed by atoms with E-state index in [1.54, 1.807) is 5.48 Å². The van der Waals surface area contributed by atoms with E-state index in [0.29, 0.717) is 32.4 Å². The van der Waals surface area contributed by atoms with Gasteiger partial charge in [-0.05, 0) is 31.6 Å². The molecular formula is C27H48N6O6. The quantitative estimate of drug-likeness (QED) is 0.109. The zero-order valence-corrected chi connectivity index (χ0v) is 23.7. The van der Waals surface area contributed by atoms with E-state index in [-0.39, 0.29) is 36.2 Å². The number of hydrogen-bond donors (Lipinski definition) is 5. The van der Waals surface area contributed by atoms with E-state index in [1.165, 1.54) is 5.01 Å². The maximum Gasteiger partial charge on any atom is 0.244 e. The minimum atomic E-state index is -1.04. The van der Waals surface area contributed by atoms with Crippen LogP contribution in [0, 0.1) is 11.8 Å². The second kappa shape index (κ2) is 14.9. The Labute approximate surface area is 231 Å². The van der Waals surface area contributed by atoms with Crippen LogP contribution in [-0.2, 0) is 19.2 Å². The van der Waals surface area contributed by atoms with Crippen LogP contribution in [0.1, 0.15) is 91.4 Å². The van der Waals surface area contributed by atoms with Crippen molar-refractivity contribution in [2.24, 2.45) is 11.8 Å². The number of carboxylic acid groups (broad SMARTS) is 1. The number of amides is 3. The monoisotopic (exact) mass is 552 g/mol. The second-order valence-corrected chi connectivity index (χ2v) is 11.4. The number of nitrogens with zero attached hydrogens (tertiary/aromatic N) is 2. The molecule has 3 amide bonds. The number of rotatable bonds is 13. The van der Waals surface area contributed by atoms with Crippen LogP contribution in [0.4, 0.5) is 0 Å². The Morgan fingerprint density at radius 2 is 1.85 bits per heavy atom. The van der Waals surface area contributed by atoms with Crippen molar-refractivity contribution in [3.63, 3.8) is 0 Å². The molecule has 3 heterocycles. The van der Waals surface area contributed by atoms with Crippen molar-refractivity contribution in [2.45, 2.75) is 116 Å². The summed E-state index contributed by atoms with van der Waals surface area (Å²) in [5.74, 6) is -2.68. The fraction of sp³-hybridized carbons (Fsp3) is 0.852. The standard InChI is InChI=1S/C27H48N6O6/c1-4-6-7-10-19(17-23(34)30-39)26(36)33-21(11-8-14-28-33)25(35)29-24(18(3)5-2)20-13-16-32-22(27(37)38)12-9-15-31(20)32/h18-22,24,28,39H,4-17H2,1-3H3,(H,29,35)(H,30,34)(H,37,38). The third kappa shape index (κ3) is 7.68. The number of aliphatic carboxylic acids is 1. The number of nitrogens with one attached hydrogen (secondary N) is 4. The van der Waals surface area contributed by atoms with Gasteiger partial charge >= 0.3 is 0 Å². The van der Waals surface area contributed by atoms with Crippen LogP contribution in [0.15, 0.2) is 0 Å². The second-order valence-electron chi connectivity index (χ2n) is 11.4. The molecule has 7 unspecified atom stereocenters. The molecule has 3 rings (SSSR count). The lowest BCUT2D eigenvalue weighted by molar-refractivity contribution is -1.03. The molecule has 0 aromatic heterocycles. The van der Waals surface area contributed by atoms with Crippen molar-refractivity contribution in [2.75, 3.05) is 19.6 Å². The van der Waals surface area contributed by atoms with Crippen molar-refractivity contribution in [1.29, 1.82) is 0 Å². The first-order chi connectivity index (χ1) is 18.7. The Bertz CT molecular complexity index is 859. The summed E-state index contributed by atoms with van der Waals surface area (Å²) in [7, 11) is 0. The summed E-state index contributed by atoms with van der Waals surface area (Å²) >= 11 is 0. The number of hydrogen-bond acceptors (Lipinski definition) is 8. The van der Waals surface area contributed by atoms with E-state index >= 15 is 0 Å². The summed E-state index contributed by atoms with van der Waals surface area (Å²) in [6.45, 7) is 8.26. The Kier molecular flexibility index (Phi) is 12.0. The highest BCUT2D eigenvalue weighted by molar-refractivity contribution is 5.90. The number of carbonyl (C=O) groups excluding carboxylic acids is 4. The molecule has 3 saturated heterocycles. The van der Waals surface area contributed by atoms with Gasteiger partial charge in [-0.15, -0.1) is 5.01 Å². The number of carbonyl (C=O) groups is 4. The van der Waals surface area contributed by atoms with Crippen molar-refractivity contribution < 1.29 is 34.5 Å². The van der Waals surface area contributed by atoms with Crippen LogP contribution in [0.25, 0.3) is 0 Å². The van der Waals surface area contributed by atoms with Gasteiger partial charge in [-0.3, -0.25) is 24.6 Å². The predicted molar refractivity (Wildman–Crippen MR) is 140 cm³/mol. The lowest BCUT2D eigenvalue weighted by Crippen LogP contribution is -3.22. The minimum Gasteiger partial charge on any atom is -0.548 e. The predicted octanol–water partition coefficient (Wildman–Crippen LogP) is -1.11. The molecule has 12 heteroatoms. The summed E-state index contributed by atoms with van der Waals surface area (Å²) in [4.78, 5) is 51.1. The Balaban J connectivity index is 1.76. The van der Waals surface area contributed by atoms with Gasteiger partial charge in [-0.2, -0.15) is 0 Å². The van der Waals surface area contributed by atoms with Gasteiger partial charge in [0.05, 0.1) is 31.1 Å². The fourth-order valence-electron chi connectivity index (χ4n) is 6.54. The molecule has 39 heavy (non-hydrogen) atoms. The van der Waals surface area contributed by atoms with Crippen LogP contribution < -0.4 is 26.3 Å². The molecule has 0 aromatic rings. The van der Waals surface area contributed by atoms with Crippen molar-refractivity contribution in [1.82, 2.24) is 26.2 Å². The molecule has 12 nitrogen and oxygen atoms in total. The molecule has 0 saturated carbocycles. The van der Waals surface area contributed by atoms with Crippen LogP contribution in [0.3, 0.4) is 0 Å². The molecule has 3 aliphatic heterocycles. The maximum absolute atomic E-state index is 13.8. The first kappa shape index (κ1) is 31.3. The number of unbranched alkanes of at least 4 members (excludes halogenated alkanes) is 2. The van der Waals surface area contributed by atoms with E-state index in [4.69, 9.17) is 5.21 Å². The summed E-state index contributed by atoms with van der Waals surface area (Å²) in [6, 6.07) is -1.46. The fourth-order valence-corrected chi connectivity index (χ4v) is 6.54. The van der Waals surface area contributed by atoms with Gasteiger partial charge in [0.1, 0.15) is 12.1 Å². The van der Waals surface area contributed by atoms with Crippen LogP contribution in [0.2, 0.25) is 0 Å². The van der Waals surface area contributed by atoms with E-state index < -0.39 is 29.9 Å². The highest BCUT2D eigenvalue weighted by Crippen LogP contribution is 2.23. The number of carboxylic acids is 1. The van der Waals surface area contributed by atoms with Crippen LogP contribution in [0.5, 0.6) is 0 Å². The number of hydrazine groups is 1. The molecule has 7 atom stereocenters.